The lowest BCUT2D eigenvalue weighted by Crippen LogP contribution is -2.28. The van der Waals surface area contributed by atoms with Crippen molar-refractivity contribution in [2.24, 2.45) is 11.8 Å². The summed E-state index contributed by atoms with van der Waals surface area (Å²) in [7, 11) is 1.49. The monoisotopic (exact) mass is 249 g/mol. The Bertz CT molecular complexity index is 448. The molecule has 0 saturated carbocycles. The van der Waals surface area contributed by atoms with Gasteiger partial charge in [0.2, 0.25) is 0 Å². The minimum atomic E-state index is -0.0239. The van der Waals surface area contributed by atoms with Crippen LogP contribution in [0.15, 0.2) is 18.2 Å². The number of phenols is 1. The molecule has 2 atom stereocenters. The molecule has 1 amide bonds. The summed E-state index contributed by atoms with van der Waals surface area (Å²) >= 11 is 0. The second kappa shape index (κ2) is 4.88. The number of hydrogen-bond donors (Lipinski definition) is 1. The Hall–Kier alpha value is -1.71. The predicted molar refractivity (Wildman–Crippen MR) is 68.9 cm³/mol. The fourth-order valence-electron chi connectivity index (χ4n) is 2.30. The molecule has 2 rings (SSSR count). The van der Waals surface area contributed by atoms with E-state index in [1.54, 1.807) is 12.1 Å². The summed E-state index contributed by atoms with van der Waals surface area (Å²) in [5, 5.41) is 9.69. The summed E-state index contributed by atoms with van der Waals surface area (Å²) in [6, 6.07) is 4.77. The number of nitrogens with zero attached hydrogens (tertiary/aromatic N) is 1. The summed E-state index contributed by atoms with van der Waals surface area (Å²) in [6.07, 6.45) is 0. The average molecular weight is 249 g/mol. The largest absolute Gasteiger partial charge is 0.504 e. The minimum Gasteiger partial charge on any atom is -0.504 e. The van der Waals surface area contributed by atoms with Crippen molar-refractivity contribution >= 4 is 5.91 Å². The Balaban J connectivity index is 2.17. The lowest BCUT2D eigenvalue weighted by molar-refractivity contribution is 0.0784. The number of carbonyl (C=O) groups excluding carboxylic acids is 1. The van der Waals surface area contributed by atoms with Crippen LogP contribution in [0.25, 0.3) is 0 Å². The molecule has 1 aromatic rings. The Morgan fingerprint density at radius 3 is 2.44 bits per heavy atom. The SMILES string of the molecule is COc1ccc(C(=O)N2CC(C)C(C)C2)cc1O. The third kappa shape index (κ3) is 2.28. The van der Waals surface area contributed by atoms with Crippen molar-refractivity contribution < 1.29 is 14.6 Å². The van der Waals surface area contributed by atoms with Crippen LogP contribution in [0.1, 0.15) is 24.2 Å². The molecule has 0 radical (unpaired) electrons. The van der Waals surface area contributed by atoms with E-state index in [0.717, 1.165) is 13.1 Å². The van der Waals surface area contributed by atoms with Crippen molar-refractivity contribution in [2.45, 2.75) is 13.8 Å². The van der Waals surface area contributed by atoms with Gasteiger partial charge in [0.15, 0.2) is 11.5 Å². The number of phenolic OH excluding ortho intramolecular Hbond substituents is 1. The highest BCUT2D eigenvalue weighted by atomic mass is 16.5. The van der Waals surface area contributed by atoms with Gasteiger partial charge in [0, 0.05) is 18.7 Å². The van der Waals surface area contributed by atoms with Crippen molar-refractivity contribution in [3.63, 3.8) is 0 Å². The second-order valence-corrected chi connectivity index (χ2v) is 5.05. The molecule has 1 N–H and O–H groups in total. The molecular formula is C14H19NO3. The molecule has 0 bridgehead atoms. The van der Waals surface area contributed by atoms with E-state index in [1.807, 2.05) is 4.90 Å². The van der Waals surface area contributed by atoms with Crippen LogP contribution < -0.4 is 4.74 Å². The van der Waals surface area contributed by atoms with Gasteiger partial charge < -0.3 is 14.7 Å². The van der Waals surface area contributed by atoms with Crippen LogP contribution in [0.4, 0.5) is 0 Å². The van der Waals surface area contributed by atoms with Crippen molar-refractivity contribution in [3.8, 4) is 11.5 Å². The van der Waals surface area contributed by atoms with E-state index < -0.39 is 0 Å². The van der Waals surface area contributed by atoms with Gasteiger partial charge in [0.1, 0.15) is 0 Å². The smallest absolute Gasteiger partial charge is 0.254 e. The molecule has 0 spiro atoms. The predicted octanol–water partition coefficient (Wildman–Crippen LogP) is 2.13. The summed E-state index contributed by atoms with van der Waals surface area (Å²) in [6.45, 7) is 5.88. The van der Waals surface area contributed by atoms with E-state index in [9.17, 15) is 9.90 Å². The van der Waals surface area contributed by atoms with Crippen LogP contribution in [0.3, 0.4) is 0 Å². The maximum atomic E-state index is 12.3. The van der Waals surface area contributed by atoms with Crippen molar-refractivity contribution in [1.29, 1.82) is 0 Å². The normalized spacial score (nSPS) is 23.2. The summed E-state index contributed by atoms with van der Waals surface area (Å²) < 4.78 is 4.96. The first kappa shape index (κ1) is 12.7. The zero-order chi connectivity index (χ0) is 13.3. The Labute approximate surface area is 107 Å². The van der Waals surface area contributed by atoms with E-state index in [-0.39, 0.29) is 11.7 Å². The fraction of sp³-hybridized carbons (Fsp3) is 0.500. The molecule has 98 valence electrons. The molecule has 18 heavy (non-hydrogen) atoms. The van der Waals surface area contributed by atoms with Crippen LogP contribution in [-0.2, 0) is 0 Å². The quantitative estimate of drug-likeness (QED) is 0.873. The summed E-state index contributed by atoms with van der Waals surface area (Å²) in [4.78, 5) is 14.1. The molecular weight excluding hydrogens is 230 g/mol. The van der Waals surface area contributed by atoms with E-state index in [0.29, 0.717) is 23.1 Å². The lowest BCUT2D eigenvalue weighted by Gasteiger charge is -2.16. The molecule has 0 aromatic heterocycles. The highest BCUT2D eigenvalue weighted by molar-refractivity contribution is 5.95. The number of methoxy groups -OCH3 is 1. The van der Waals surface area contributed by atoms with Gasteiger partial charge in [0.25, 0.3) is 5.91 Å². The van der Waals surface area contributed by atoms with Crippen LogP contribution in [0.2, 0.25) is 0 Å². The molecule has 0 aliphatic carbocycles. The molecule has 1 aliphatic heterocycles. The number of hydrogen-bond acceptors (Lipinski definition) is 3. The number of benzene rings is 1. The molecule has 1 fully saturated rings. The van der Waals surface area contributed by atoms with Gasteiger partial charge in [-0.15, -0.1) is 0 Å². The maximum absolute atomic E-state index is 12.3. The van der Waals surface area contributed by atoms with Crippen molar-refractivity contribution in [3.05, 3.63) is 23.8 Å². The fourth-order valence-corrected chi connectivity index (χ4v) is 2.30. The number of likely N-dealkylation sites (tertiary alicyclic amines) is 1. The third-order valence-electron chi connectivity index (χ3n) is 3.70. The number of aromatic hydroxyl groups is 1. The van der Waals surface area contributed by atoms with Gasteiger partial charge in [-0.05, 0) is 30.0 Å². The van der Waals surface area contributed by atoms with Crippen LogP contribution in [-0.4, -0.2) is 36.1 Å². The molecule has 2 unspecified atom stereocenters. The third-order valence-corrected chi connectivity index (χ3v) is 3.70. The number of rotatable bonds is 2. The van der Waals surface area contributed by atoms with Gasteiger partial charge in [-0.2, -0.15) is 0 Å². The van der Waals surface area contributed by atoms with Crippen molar-refractivity contribution in [2.75, 3.05) is 20.2 Å². The molecule has 1 heterocycles. The van der Waals surface area contributed by atoms with Gasteiger partial charge in [-0.3, -0.25) is 4.79 Å². The van der Waals surface area contributed by atoms with Crippen LogP contribution in [0.5, 0.6) is 11.5 Å². The highest BCUT2D eigenvalue weighted by Crippen LogP contribution is 2.28. The summed E-state index contributed by atoms with van der Waals surface area (Å²) in [5.74, 6) is 1.42. The first-order chi connectivity index (χ1) is 8.52. The average Bonchev–Trinajstić information content (AvgIpc) is 2.68. The van der Waals surface area contributed by atoms with Gasteiger partial charge in [-0.1, -0.05) is 13.8 Å². The van der Waals surface area contributed by atoms with Crippen molar-refractivity contribution in [1.82, 2.24) is 4.90 Å². The molecule has 4 heteroatoms. The zero-order valence-corrected chi connectivity index (χ0v) is 11.0. The zero-order valence-electron chi connectivity index (χ0n) is 11.0. The van der Waals surface area contributed by atoms with Gasteiger partial charge >= 0.3 is 0 Å². The Morgan fingerprint density at radius 2 is 1.94 bits per heavy atom. The lowest BCUT2D eigenvalue weighted by atomic mass is 10.0. The second-order valence-electron chi connectivity index (χ2n) is 5.05. The van der Waals surface area contributed by atoms with Crippen LogP contribution in [0, 0.1) is 11.8 Å². The van der Waals surface area contributed by atoms with E-state index >= 15 is 0 Å². The van der Waals surface area contributed by atoms with Crippen LogP contribution >= 0.6 is 0 Å². The molecule has 1 aliphatic rings. The minimum absolute atomic E-state index is 0.00337. The highest BCUT2D eigenvalue weighted by Gasteiger charge is 2.30. The topological polar surface area (TPSA) is 49.8 Å². The Kier molecular flexibility index (Phi) is 3.45. The standard InChI is InChI=1S/C14H19NO3/c1-9-7-15(8-10(9)2)14(17)11-4-5-13(18-3)12(16)6-11/h4-6,9-10,16H,7-8H2,1-3H3. The van der Waals surface area contributed by atoms with Gasteiger partial charge in [0.05, 0.1) is 7.11 Å². The first-order valence-electron chi connectivity index (χ1n) is 6.19. The number of amides is 1. The number of ether oxygens (including phenoxy) is 1. The molecule has 1 saturated heterocycles. The van der Waals surface area contributed by atoms with E-state index in [4.69, 9.17) is 4.74 Å². The summed E-state index contributed by atoms with van der Waals surface area (Å²) in [5.41, 5.74) is 0.509. The maximum Gasteiger partial charge on any atom is 0.254 e. The van der Waals surface area contributed by atoms with E-state index in [2.05, 4.69) is 13.8 Å². The number of carbonyl (C=O) groups is 1. The Morgan fingerprint density at radius 1 is 1.33 bits per heavy atom. The van der Waals surface area contributed by atoms with E-state index in [1.165, 1.54) is 13.2 Å². The first-order valence-corrected chi connectivity index (χ1v) is 6.19. The van der Waals surface area contributed by atoms with Gasteiger partial charge in [-0.25, -0.2) is 0 Å². The molecule has 1 aromatic carbocycles. The molecule has 4 nitrogen and oxygen atoms in total.